The summed E-state index contributed by atoms with van der Waals surface area (Å²) in [5, 5.41) is -0.0497. The molecular weight excluding hydrogens is 398 g/mol. The lowest BCUT2D eigenvalue weighted by Crippen LogP contribution is -2.53. The molecule has 1 fully saturated rings. The minimum absolute atomic E-state index is 0.0497. The predicted molar refractivity (Wildman–Crippen MR) is 118 cm³/mol. The van der Waals surface area contributed by atoms with Crippen molar-refractivity contribution in [3.63, 3.8) is 0 Å². The summed E-state index contributed by atoms with van der Waals surface area (Å²) in [6, 6.07) is 6.90. The topological polar surface area (TPSA) is 65.1 Å². The van der Waals surface area contributed by atoms with E-state index >= 15 is 0 Å². The van der Waals surface area contributed by atoms with Crippen LogP contribution in [0.5, 0.6) is 0 Å². The molecule has 0 radical (unpaired) electrons. The molecule has 164 valence electrons. The average molecular weight is 432 g/mol. The van der Waals surface area contributed by atoms with Crippen molar-refractivity contribution in [1.82, 2.24) is 4.90 Å². The van der Waals surface area contributed by atoms with Gasteiger partial charge in [-0.25, -0.2) is 0 Å². The molecule has 0 aliphatic carbocycles. The Balaban J connectivity index is 1.94. The largest absolute Gasteiger partial charge is 0.409 e. The van der Waals surface area contributed by atoms with Gasteiger partial charge in [0.2, 0.25) is 0 Å². The number of carbonyl (C=O) groups excluding carboxylic acids is 2. The molecule has 6 nitrogen and oxygen atoms in total. The van der Waals surface area contributed by atoms with Crippen molar-refractivity contribution in [1.29, 1.82) is 0 Å². The molecule has 1 aromatic carbocycles. The van der Waals surface area contributed by atoms with Crippen LogP contribution in [0.1, 0.15) is 55.3 Å². The van der Waals surface area contributed by atoms with Crippen molar-refractivity contribution in [3.8, 4) is 0 Å². The van der Waals surface area contributed by atoms with Crippen molar-refractivity contribution in [2.45, 2.75) is 76.8 Å². The van der Waals surface area contributed by atoms with Crippen molar-refractivity contribution in [2.24, 2.45) is 0 Å². The molecule has 2 aliphatic rings. The van der Waals surface area contributed by atoms with Crippen molar-refractivity contribution >= 4 is 20.1 Å². The van der Waals surface area contributed by atoms with Crippen LogP contribution in [0, 0.1) is 0 Å². The Morgan fingerprint density at radius 1 is 1.17 bits per heavy atom. The maximum Gasteiger partial charge on any atom is 0.261 e. The molecule has 0 unspecified atom stereocenters. The molecule has 7 heteroatoms. The van der Waals surface area contributed by atoms with Crippen LogP contribution < -0.4 is 0 Å². The van der Waals surface area contributed by atoms with Crippen molar-refractivity contribution < 1.29 is 23.5 Å². The van der Waals surface area contributed by atoms with E-state index in [1.165, 1.54) is 4.90 Å². The van der Waals surface area contributed by atoms with Gasteiger partial charge in [-0.1, -0.05) is 39.0 Å². The zero-order valence-corrected chi connectivity index (χ0v) is 20.0. The molecule has 0 spiro atoms. The Morgan fingerprint density at radius 3 is 2.17 bits per heavy atom. The molecular formula is C23H33NO5Si. The van der Waals surface area contributed by atoms with Crippen molar-refractivity contribution in [3.05, 3.63) is 48.0 Å². The first-order valence-corrected chi connectivity index (χ1v) is 13.3. The summed E-state index contributed by atoms with van der Waals surface area (Å²) in [4.78, 5) is 27.2. The maximum atomic E-state index is 13.0. The van der Waals surface area contributed by atoms with E-state index in [0.29, 0.717) is 11.1 Å². The number of rotatable bonds is 6. The summed E-state index contributed by atoms with van der Waals surface area (Å²) in [6.45, 7) is 18.4. The summed E-state index contributed by atoms with van der Waals surface area (Å²) in [5.41, 5.74) is 0.857. The van der Waals surface area contributed by atoms with Gasteiger partial charge in [-0.15, -0.1) is 6.58 Å². The van der Waals surface area contributed by atoms with Gasteiger partial charge in [-0.3, -0.25) is 14.5 Å². The standard InChI is InChI=1S/C23H33NO5Si/c1-9-17-19(28-23(5,6)27-17)18(29-30(7,8)22(2,3)4)14-24-20(25)15-12-10-11-13-16(15)21(24)26/h9-13,17-19H,1,14H2,2-8H3/t17-,18+,19-/m1/s1. The normalized spacial score (nSPS) is 24.8. The summed E-state index contributed by atoms with van der Waals surface area (Å²) in [7, 11) is -2.24. The summed E-state index contributed by atoms with van der Waals surface area (Å²) in [5.74, 6) is -1.40. The zero-order chi connectivity index (χ0) is 22.5. The first-order chi connectivity index (χ1) is 13.8. The van der Waals surface area contributed by atoms with Gasteiger partial charge in [-0.2, -0.15) is 0 Å². The van der Waals surface area contributed by atoms with Crippen LogP contribution in [0.25, 0.3) is 0 Å². The van der Waals surface area contributed by atoms with Gasteiger partial charge in [0.1, 0.15) is 12.2 Å². The molecule has 0 saturated carbocycles. The number of imide groups is 1. The number of benzene rings is 1. The summed E-state index contributed by atoms with van der Waals surface area (Å²) >= 11 is 0. The summed E-state index contributed by atoms with van der Waals surface area (Å²) < 4.78 is 18.9. The van der Waals surface area contributed by atoms with E-state index in [-0.39, 0.29) is 23.4 Å². The smallest absolute Gasteiger partial charge is 0.261 e. The number of carbonyl (C=O) groups is 2. The molecule has 1 saturated heterocycles. The summed E-state index contributed by atoms with van der Waals surface area (Å²) in [6.07, 6.45) is 0.294. The fourth-order valence-electron chi connectivity index (χ4n) is 3.64. The molecule has 30 heavy (non-hydrogen) atoms. The number of nitrogens with zero attached hydrogens (tertiary/aromatic N) is 1. The minimum atomic E-state index is -2.24. The van der Waals surface area contributed by atoms with Crippen LogP contribution >= 0.6 is 0 Å². The first-order valence-electron chi connectivity index (χ1n) is 10.4. The van der Waals surface area contributed by atoms with Gasteiger partial charge >= 0.3 is 0 Å². The lowest BCUT2D eigenvalue weighted by atomic mass is 10.1. The number of hydrogen-bond donors (Lipinski definition) is 0. The minimum Gasteiger partial charge on any atom is -0.409 e. The number of ether oxygens (including phenoxy) is 2. The molecule has 2 aliphatic heterocycles. The van der Waals surface area contributed by atoms with Crippen LogP contribution in [-0.2, 0) is 13.9 Å². The third-order valence-electron chi connectivity index (χ3n) is 6.26. The lowest BCUT2D eigenvalue weighted by molar-refractivity contribution is -0.152. The second-order valence-electron chi connectivity index (χ2n) is 9.98. The van der Waals surface area contributed by atoms with E-state index in [9.17, 15) is 9.59 Å². The highest BCUT2D eigenvalue weighted by atomic mass is 28.4. The van der Waals surface area contributed by atoms with E-state index in [1.54, 1.807) is 30.3 Å². The molecule has 3 rings (SSSR count). The van der Waals surface area contributed by atoms with Gasteiger partial charge in [0.25, 0.3) is 11.8 Å². The Morgan fingerprint density at radius 2 is 1.70 bits per heavy atom. The van der Waals surface area contributed by atoms with Crippen LogP contribution in [-0.4, -0.2) is 55.7 Å². The van der Waals surface area contributed by atoms with Gasteiger partial charge < -0.3 is 13.9 Å². The molecule has 2 heterocycles. The number of amides is 2. The fourth-order valence-corrected chi connectivity index (χ4v) is 4.95. The first kappa shape index (κ1) is 22.9. The van der Waals surface area contributed by atoms with Gasteiger partial charge in [-0.05, 0) is 44.1 Å². The van der Waals surface area contributed by atoms with E-state index in [4.69, 9.17) is 13.9 Å². The monoisotopic (exact) mass is 431 g/mol. The van der Waals surface area contributed by atoms with Crippen molar-refractivity contribution in [2.75, 3.05) is 6.54 Å². The molecule has 0 N–H and O–H groups in total. The second kappa shape index (κ2) is 7.71. The van der Waals surface area contributed by atoms with Crippen LogP contribution in [0.3, 0.4) is 0 Å². The van der Waals surface area contributed by atoms with Gasteiger partial charge in [0.15, 0.2) is 14.1 Å². The lowest BCUT2D eigenvalue weighted by Gasteiger charge is -2.41. The highest BCUT2D eigenvalue weighted by Gasteiger charge is 2.50. The number of fused-ring (bicyclic) bond motifs is 1. The van der Waals surface area contributed by atoms with E-state index in [1.807, 2.05) is 13.8 Å². The number of hydrogen-bond acceptors (Lipinski definition) is 5. The van der Waals surface area contributed by atoms with Crippen LogP contribution in [0.2, 0.25) is 18.1 Å². The third kappa shape index (κ3) is 4.16. The quantitative estimate of drug-likeness (QED) is 0.380. The van der Waals surface area contributed by atoms with E-state index < -0.39 is 32.4 Å². The fraction of sp³-hybridized carbons (Fsp3) is 0.565. The van der Waals surface area contributed by atoms with E-state index in [0.717, 1.165) is 0 Å². The molecule has 3 atom stereocenters. The Kier molecular flexibility index (Phi) is 5.88. The van der Waals surface area contributed by atoms with Crippen LogP contribution in [0.4, 0.5) is 0 Å². The molecule has 0 bridgehead atoms. The zero-order valence-electron chi connectivity index (χ0n) is 19.0. The molecule has 1 aromatic rings. The Bertz CT molecular complexity index is 822. The second-order valence-corrected chi connectivity index (χ2v) is 14.7. The predicted octanol–water partition coefficient (Wildman–Crippen LogP) is 4.38. The average Bonchev–Trinajstić information content (AvgIpc) is 3.08. The molecule has 2 amide bonds. The van der Waals surface area contributed by atoms with E-state index in [2.05, 4.69) is 40.4 Å². The molecule has 0 aromatic heterocycles. The Labute approximate surface area is 180 Å². The van der Waals surface area contributed by atoms with Gasteiger partial charge in [0, 0.05) is 0 Å². The third-order valence-corrected chi connectivity index (χ3v) is 10.8. The van der Waals surface area contributed by atoms with Crippen LogP contribution in [0.15, 0.2) is 36.9 Å². The van der Waals surface area contributed by atoms with Gasteiger partial charge in [0.05, 0.1) is 23.8 Å². The Hall–Kier alpha value is -1.80. The maximum absolute atomic E-state index is 13.0. The highest BCUT2D eigenvalue weighted by molar-refractivity contribution is 6.74. The SMILES string of the molecule is C=C[C@H]1OC(C)(C)O[C@H]1[C@H](CN1C(=O)c2ccccc2C1=O)O[Si](C)(C)C(C)(C)C. The highest BCUT2D eigenvalue weighted by Crippen LogP contribution is 2.40.